The van der Waals surface area contributed by atoms with Gasteiger partial charge in [0.2, 0.25) is 0 Å². The minimum Gasteiger partial charge on any atom is -0.493 e. The molecule has 0 aromatic heterocycles. The number of nitrogens with one attached hydrogen (secondary N) is 2. The van der Waals surface area contributed by atoms with Gasteiger partial charge in [-0.3, -0.25) is 0 Å². The van der Waals surface area contributed by atoms with Crippen LogP contribution in [0.2, 0.25) is 0 Å². The van der Waals surface area contributed by atoms with E-state index >= 15 is 0 Å². The first-order valence-electron chi connectivity index (χ1n) is 7.84. The minimum atomic E-state index is -0.804. The molecule has 0 unspecified atom stereocenters. The fourth-order valence-electron chi connectivity index (χ4n) is 2.10. The summed E-state index contributed by atoms with van der Waals surface area (Å²) >= 11 is 0. The number of anilines is 1. The molecule has 2 aromatic rings. The molecule has 0 radical (unpaired) electrons. The van der Waals surface area contributed by atoms with Gasteiger partial charge in [0.25, 0.3) is 0 Å². The maximum Gasteiger partial charge on any atom is 0.320 e. The third-order valence-corrected chi connectivity index (χ3v) is 3.31. The van der Waals surface area contributed by atoms with Gasteiger partial charge in [-0.05, 0) is 24.3 Å². The number of hydrogen-bond donors (Lipinski definition) is 2. The van der Waals surface area contributed by atoms with E-state index in [-0.39, 0.29) is 18.9 Å². The number of carbonyl (C=O) groups excluding carboxylic acids is 1. The molecule has 0 atom stereocenters. The SMILES string of the molecule is COc1cccc(NC(=O)NCC#CCOc2ccc(F)cc2F)c1OC. The molecule has 0 fully saturated rings. The van der Waals surface area contributed by atoms with Gasteiger partial charge in [0.1, 0.15) is 12.4 Å². The van der Waals surface area contributed by atoms with Crippen LogP contribution in [-0.2, 0) is 0 Å². The van der Waals surface area contributed by atoms with Crippen molar-refractivity contribution in [1.29, 1.82) is 0 Å². The first-order chi connectivity index (χ1) is 13.0. The normalized spacial score (nSPS) is 9.63. The number of carbonyl (C=O) groups is 1. The quantitative estimate of drug-likeness (QED) is 0.760. The van der Waals surface area contributed by atoms with Crippen LogP contribution in [0.1, 0.15) is 0 Å². The predicted octanol–water partition coefficient (Wildman–Crippen LogP) is 3.19. The zero-order chi connectivity index (χ0) is 19.6. The van der Waals surface area contributed by atoms with Gasteiger partial charge in [-0.1, -0.05) is 17.9 Å². The Kier molecular flexibility index (Phi) is 7.26. The second kappa shape index (κ2) is 9.87. The van der Waals surface area contributed by atoms with E-state index < -0.39 is 17.7 Å². The van der Waals surface area contributed by atoms with E-state index in [0.717, 1.165) is 12.1 Å². The fourth-order valence-corrected chi connectivity index (χ4v) is 2.10. The summed E-state index contributed by atoms with van der Waals surface area (Å²) in [5.74, 6) is 4.57. The molecule has 6 nitrogen and oxygen atoms in total. The fraction of sp³-hybridized carbons (Fsp3) is 0.211. The molecular weight excluding hydrogens is 358 g/mol. The van der Waals surface area contributed by atoms with E-state index in [1.807, 2.05) is 0 Å². The van der Waals surface area contributed by atoms with Crippen molar-refractivity contribution in [2.75, 3.05) is 32.7 Å². The molecule has 0 heterocycles. The minimum absolute atomic E-state index is 0.0490. The van der Waals surface area contributed by atoms with E-state index in [4.69, 9.17) is 14.2 Å². The van der Waals surface area contributed by atoms with Gasteiger partial charge in [-0.25, -0.2) is 13.6 Å². The van der Waals surface area contributed by atoms with E-state index in [2.05, 4.69) is 22.5 Å². The molecule has 2 aromatic carbocycles. The molecule has 142 valence electrons. The number of hydrogen-bond acceptors (Lipinski definition) is 4. The van der Waals surface area contributed by atoms with Crippen LogP contribution in [0.15, 0.2) is 36.4 Å². The molecule has 0 aliphatic carbocycles. The molecule has 0 aliphatic heterocycles. The van der Waals surface area contributed by atoms with Gasteiger partial charge in [0, 0.05) is 6.07 Å². The highest BCUT2D eigenvalue weighted by molar-refractivity contribution is 5.91. The number of urea groups is 1. The number of amides is 2. The predicted molar refractivity (Wildman–Crippen MR) is 96.2 cm³/mol. The highest BCUT2D eigenvalue weighted by atomic mass is 19.1. The second-order valence-electron chi connectivity index (χ2n) is 5.07. The van der Waals surface area contributed by atoms with Crippen molar-refractivity contribution in [2.45, 2.75) is 0 Å². The Labute approximate surface area is 155 Å². The molecule has 0 saturated heterocycles. The van der Waals surface area contributed by atoms with Crippen LogP contribution in [0.4, 0.5) is 19.3 Å². The summed E-state index contributed by atoms with van der Waals surface area (Å²) in [6.45, 7) is -0.0526. The van der Waals surface area contributed by atoms with Crippen molar-refractivity contribution in [3.63, 3.8) is 0 Å². The van der Waals surface area contributed by atoms with Crippen molar-refractivity contribution < 1.29 is 27.8 Å². The Bertz CT molecular complexity index is 863. The van der Waals surface area contributed by atoms with Crippen LogP contribution in [0, 0.1) is 23.5 Å². The van der Waals surface area contributed by atoms with Crippen LogP contribution in [0.3, 0.4) is 0 Å². The number of para-hydroxylation sites is 1. The Hall–Kier alpha value is -3.47. The highest BCUT2D eigenvalue weighted by Crippen LogP contribution is 2.34. The lowest BCUT2D eigenvalue weighted by molar-refractivity contribution is 0.253. The zero-order valence-corrected chi connectivity index (χ0v) is 14.8. The summed E-state index contributed by atoms with van der Waals surface area (Å²) in [7, 11) is 2.97. The van der Waals surface area contributed by atoms with Crippen molar-refractivity contribution in [1.82, 2.24) is 5.32 Å². The van der Waals surface area contributed by atoms with E-state index in [0.29, 0.717) is 17.2 Å². The summed E-state index contributed by atoms with van der Waals surface area (Å²) < 4.78 is 41.6. The largest absolute Gasteiger partial charge is 0.493 e. The topological polar surface area (TPSA) is 68.8 Å². The first-order valence-corrected chi connectivity index (χ1v) is 7.84. The van der Waals surface area contributed by atoms with Gasteiger partial charge in [-0.2, -0.15) is 0 Å². The van der Waals surface area contributed by atoms with Crippen molar-refractivity contribution in [3.05, 3.63) is 48.0 Å². The molecule has 2 amide bonds. The molecular formula is C19H18F2N2O4. The summed E-state index contributed by atoms with van der Waals surface area (Å²) in [5, 5.41) is 5.16. The van der Waals surface area contributed by atoms with Crippen LogP contribution in [0.5, 0.6) is 17.2 Å². The Morgan fingerprint density at radius 2 is 1.89 bits per heavy atom. The molecule has 8 heteroatoms. The average Bonchev–Trinajstić information content (AvgIpc) is 2.65. The number of benzene rings is 2. The Balaban J connectivity index is 1.79. The number of halogens is 2. The number of rotatable bonds is 6. The zero-order valence-electron chi connectivity index (χ0n) is 14.8. The summed E-state index contributed by atoms with van der Waals surface area (Å²) in [6, 6.07) is 7.59. The van der Waals surface area contributed by atoms with Gasteiger partial charge < -0.3 is 24.8 Å². The van der Waals surface area contributed by atoms with Gasteiger partial charge >= 0.3 is 6.03 Å². The smallest absolute Gasteiger partial charge is 0.320 e. The van der Waals surface area contributed by atoms with Crippen molar-refractivity contribution in [2.24, 2.45) is 0 Å². The molecule has 27 heavy (non-hydrogen) atoms. The highest BCUT2D eigenvalue weighted by Gasteiger charge is 2.11. The van der Waals surface area contributed by atoms with Crippen LogP contribution >= 0.6 is 0 Å². The van der Waals surface area contributed by atoms with Gasteiger partial charge in [0.15, 0.2) is 23.1 Å². The maximum atomic E-state index is 13.4. The third-order valence-electron chi connectivity index (χ3n) is 3.31. The average molecular weight is 376 g/mol. The van der Waals surface area contributed by atoms with Crippen LogP contribution in [0.25, 0.3) is 0 Å². The summed E-state index contributed by atoms with van der Waals surface area (Å²) in [5.41, 5.74) is 0.442. The van der Waals surface area contributed by atoms with E-state index in [1.165, 1.54) is 20.3 Å². The van der Waals surface area contributed by atoms with Crippen LogP contribution in [-0.4, -0.2) is 33.4 Å². The standard InChI is InChI=1S/C19H18F2N2O4/c1-25-17-7-5-6-15(18(17)26-2)23-19(24)22-10-3-4-11-27-16-9-8-13(20)12-14(16)21/h5-9,12H,10-11H2,1-2H3,(H2,22,23,24). The monoisotopic (exact) mass is 376 g/mol. The Morgan fingerprint density at radius 1 is 1.07 bits per heavy atom. The van der Waals surface area contributed by atoms with Gasteiger partial charge in [-0.15, -0.1) is 0 Å². The van der Waals surface area contributed by atoms with Gasteiger partial charge in [0.05, 0.1) is 26.5 Å². The lowest BCUT2D eigenvalue weighted by atomic mass is 10.2. The molecule has 2 rings (SSSR count). The van der Waals surface area contributed by atoms with Crippen LogP contribution < -0.4 is 24.8 Å². The van der Waals surface area contributed by atoms with Crippen molar-refractivity contribution >= 4 is 11.7 Å². The Morgan fingerprint density at radius 3 is 2.59 bits per heavy atom. The lowest BCUT2D eigenvalue weighted by Gasteiger charge is -2.13. The molecule has 0 bridgehead atoms. The molecule has 0 spiro atoms. The summed E-state index contributed by atoms with van der Waals surface area (Å²) in [6.07, 6.45) is 0. The van der Waals surface area contributed by atoms with Crippen molar-refractivity contribution in [3.8, 4) is 29.1 Å². The van der Waals surface area contributed by atoms with E-state index in [1.54, 1.807) is 18.2 Å². The number of methoxy groups -OCH3 is 2. The lowest BCUT2D eigenvalue weighted by Crippen LogP contribution is -2.29. The third kappa shape index (κ3) is 5.78. The maximum absolute atomic E-state index is 13.4. The molecule has 2 N–H and O–H groups in total. The molecule has 0 aliphatic rings. The summed E-state index contributed by atoms with van der Waals surface area (Å²) in [4.78, 5) is 11.9. The number of ether oxygens (including phenoxy) is 3. The van der Waals surface area contributed by atoms with E-state index in [9.17, 15) is 13.6 Å². The second-order valence-corrected chi connectivity index (χ2v) is 5.07. The first kappa shape index (κ1) is 19.8. The molecule has 0 saturated carbocycles.